The molecule has 0 bridgehead atoms. The van der Waals surface area contributed by atoms with Gasteiger partial charge < -0.3 is 14.6 Å². The second kappa shape index (κ2) is 8.36. The zero-order chi connectivity index (χ0) is 22.0. The molecular formula is C20H23N5O5. The van der Waals surface area contributed by atoms with Crippen molar-refractivity contribution in [1.29, 1.82) is 0 Å². The monoisotopic (exact) mass is 413 g/mol. The van der Waals surface area contributed by atoms with Crippen LogP contribution in [0.3, 0.4) is 0 Å². The first kappa shape index (κ1) is 21.0. The quantitative estimate of drug-likeness (QED) is 0.591. The van der Waals surface area contributed by atoms with Gasteiger partial charge in [0.1, 0.15) is 6.54 Å². The van der Waals surface area contributed by atoms with Crippen molar-refractivity contribution in [2.24, 2.45) is 14.1 Å². The SMILES string of the molecule is CCc1ccc(NC(=O)C(C)OC(=O)Cn2cnc3c2c(=O)n(C)c(=O)n3C)cc1. The van der Waals surface area contributed by atoms with Crippen molar-refractivity contribution < 1.29 is 14.3 Å². The fourth-order valence-electron chi connectivity index (χ4n) is 3.01. The predicted molar refractivity (Wildman–Crippen MR) is 110 cm³/mol. The Bertz CT molecular complexity index is 1220. The van der Waals surface area contributed by atoms with Crippen LogP contribution in [0.25, 0.3) is 11.2 Å². The molecule has 2 aromatic heterocycles. The Morgan fingerprint density at radius 2 is 1.80 bits per heavy atom. The largest absolute Gasteiger partial charge is 0.451 e. The first-order valence-corrected chi connectivity index (χ1v) is 9.43. The van der Waals surface area contributed by atoms with Crippen LogP contribution in [0.1, 0.15) is 19.4 Å². The van der Waals surface area contributed by atoms with E-state index < -0.39 is 29.2 Å². The number of fused-ring (bicyclic) bond motifs is 1. The molecule has 30 heavy (non-hydrogen) atoms. The number of nitrogens with one attached hydrogen (secondary N) is 1. The predicted octanol–water partition coefficient (Wildman–Crippen LogP) is 0.567. The third-order valence-electron chi connectivity index (χ3n) is 4.82. The number of imidazole rings is 1. The van der Waals surface area contributed by atoms with Gasteiger partial charge in [-0.3, -0.25) is 23.5 Å². The highest BCUT2D eigenvalue weighted by atomic mass is 16.5. The van der Waals surface area contributed by atoms with E-state index in [1.165, 1.54) is 36.5 Å². The summed E-state index contributed by atoms with van der Waals surface area (Å²) in [5, 5.41) is 2.69. The maximum absolute atomic E-state index is 12.4. The second-order valence-corrected chi connectivity index (χ2v) is 6.92. The lowest BCUT2D eigenvalue weighted by molar-refractivity contribution is -0.153. The van der Waals surface area contributed by atoms with Gasteiger partial charge in [0.15, 0.2) is 17.3 Å². The molecule has 0 aliphatic heterocycles. The number of aryl methyl sites for hydroxylation is 2. The minimum Gasteiger partial charge on any atom is -0.451 e. The van der Waals surface area contributed by atoms with Crippen molar-refractivity contribution >= 4 is 28.7 Å². The molecule has 0 aliphatic rings. The molecule has 1 amide bonds. The minimum atomic E-state index is -1.04. The first-order valence-electron chi connectivity index (χ1n) is 9.43. The van der Waals surface area contributed by atoms with E-state index >= 15 is 0 Å². The topological polar surface area (TPSA) is 117 Å². The second-order valence-electron chi connectivity index (χ2n) is 6.92. The van der Waals surface area contributed by atoms with Crippen LogP contribution in [0.15, 0.2) is 40.2 Å². The lowest BCUT2D eigenvalue weighted by Gasteiger charge is -2.14. The fraction of sp³-hybridized carbons (Fsp3) is 0.350. The molecule has 1 unspecified atom stereocenters. The third kappa shape index (κ3) is 4.02. The number of carbonyl (C=O) groups is 2. The molecule has 0 saturated heterocycles. The summed E-state index contributed by atoms with van der Waals surface area (Å²) >= 11 is 0. The molecule has 0 fully saturated rings. The number of aromatic nitrogens is 4. The Kier molecular flexibility index (Phi) is 5.86. The van der Waals surface area contributed by atoms with Crippen molar-refractivity contribution in [3.8, 4) is 0 Å². The van der Waals surface area contributed by atoms with Gasteiger partial charge in [0.05, 0.1) is 6.33 Å². The Balaban J connectivity index is 1.70. The number of anilines is 1. The molecule has 1 N–H and O–H groups in total. The number of benzene rings is 1. The molecule has 3 aromatic rings. The smallest absolute Gasteiger partial charge is 0.332 e. The maximum atomic E-state index is 12.4. The van der Waals surface area contributed by atoms with Gasteiger partial charge in [-0.25, -0.2) is 9.78 Å². The van der Waals surface area contributed by atoms with E-state index in [1.807, 2.05) is 19.1 Å². The summed E-state index contributed by atoms with van der Waals surface area (Å²) in [4.78, 5) is 53.1. The molecule has 1 aromatic carbocycles. The standard InChI is InChI=1S/C20H23N5O5/c1-5-13-6-8-14(9-7-13)22-18(27)12(2)30-15(26)10-25-11-21-17-16(25)19(28)24(4)20(29)23(17)3/h6-9,11-12H,5,10H2,1-4H3,(H,22,27). The van der Waals surface area contributed by atoms with E-state index in [9.17, 15) is 19.2 Å². The lowest BCUT2D eigenvalue weighted by Crippen LogP contribution is -2.38. The van der Waals surface area contributed by atoms with Crippen LogP contribution >= 0.6 is 0 Å². The van der Waals surface area contributed by atoms with Crippen molar-refractivity contribution in [2.45, 2.75) is 32.9 Å². The highest BCUT2D eigenvalue weighted by molar-refractivity contribution is 5.95. The first-order chi connectivity index (χ1) is 14.2. The van der Waals surface area contributed by atoms with Gasteiger partial charge in [0, 0.05) is 19.8 Å². The van der Waals surface area contributed by atoms with Crippen LogP contribution in [0, 0.1) is 0 Å². The molecule has 0 aliphatic carbocycles. The molecule has 10 nitrogen and oxygen atoms in total. The van der Waals surface area contributed by atoms with Gasteiger partial charge >= 0.3 is 11.7 Å². The highest BCUT2D eigenvalue weighted by Gasteiger charge is 2.20. The number of ether oxygens (including phenoxy) is 1. The molecule has 158 valence electrons. The zero-order valence-electron chi connectivity index (χ0n) is 17.2. The van der Waals surface area contributed by atoms with Crippen LogP contribution in [0.2, 0.25) is 0 Å². The van der Waals surface area contributed by atoms with Gasteiger partial charge in [-0.05, 0) is 31.0 Å². The molecular weight excluding hydrogens is 390 g/mol. The van der Waals surface area contributed by atoms with Crippen LogP contribution in [-0.4, -0.2) is 36.7 Å². The number of nitrogens with zero attached hydrogens (tertiary/aromatic N) is 4. The van der Waals surface area contributed by atoms with E-state index in [0.717, 1.165) is 16.6 Å². The van der Waals surface area contributed by atoms with Gasteiger partial charge in [0.2, 0.25) is 0 Å². The van der Waals surface area contributed by atoms with Gasteiger partial charge in [-0.1, -0.05) is 19.1 Å². The summed E-state index contributed by atoms with van der Waals surface area (Å²) in [5.41, 5.74) is 0.924. The number of amides is 1. The summed E-state index contributed by atoms with van der Waals surface area (Å²) in [7, 11) is 2.83. The van der Waals surface area contributed by atoms with E-state index in [2.05, 4.69) is 10.3 Å². The summed E-state index contributed by atoms with van der Waals surface area (Å²) < 4.78 is 8.65. The highest BCUT2D eigenvalue weighted by Crippen LogP contribution is 2.11. The summed E-state index contributed by atoms with van der Waals surface area (Å²) in [6.07, 6.45) is 1.14. The van der Waals surface area contributed by atoms with E-state index in [-0.39, 0.29) is 17.7 Å². The summed E-state index contributed by atoms with van der Waals surface area (Å²) in [6, 6.07) is 7.38. The van der Waals surface area contributed by atoms with Crippen LogP contribution in [0.5, 0.6) is 0 Å². The van der Waals surface area contributed by atoms with Crippen LogP contribution in [-0.2, 0) is 41.4 Å². The number of hydrogen-bond acceptors (Lipinski definition) is 6. The van der Waals surface area contributed by atoms with Gasteiger partial charge in [-0.15, -0.1) is 0 Å². The molecule has 0 radical (unpaired) electrons. The maximum Gasteiger partial charge on any atom is 0.332 e. The van der Waals surface area contributed by atoms with E-state index in [1.54, 1.807) is 12.1 Å². The molecule has 0 saturated carbocycles. The van der Waals surface area contributed by atoms with Gasteiger partial charge in [-0.2, -0.15) is 0 Å². The van der Waals surface area contributed by atoms with Crippen molar-refractivity contribution in [3.63, 3.8) is 0 Å². The average Bonchev–Trinajstić information content (AvgIpc) is 3.14. The number of carbonyl (C=O) groups excluding carboxylic acids is 2. The zero-order valence-corrected chi connectivity index (χ0v) is 17.2. The van der Waals surface area contributed by atoms with Crippen LogP contribution in [0.4, 0.5) is 5.69 Å². The normalized spacial score (nSPS) is 12.0. The summed E-state index contributed by atoms with van der Waals surface area (Å²) in [6.45, 7) is 3.17. The van der Waals surface area contributed by atoms with E-state index in [0.29, 0.717) is 5.69 Å². The lowest BCUT2D eigenvalue weighted by atomic mass is 10.1. The Morgan fingerprint density at radius 1 is 1.13 bits per heavy atom. The average molecular weight is 413 g/mol. The minimum absolute atomic E-state index is 0.102. The molecule has 10 heteroatoms. The molecule has 1 atom stereocenters. The third-order valence-corrected chi connectivity index (χ3v) is 4.82. The molecule has 3 rings (SSSR count). The van der Waals surface area contributed by atoms with Crippen LogP contribution < -0.4 is 16.6 Å². The Labute approximate surface area is 171 Å². The van der Waals surface area contributed by atoms with Gasteiger partial charge in [0.25, 0.3) is 11.5 Å². The van der Waals surface area contributed by atoms with Crippen molar-refractivity contribution in [3.05, 3.63) is 57.0 Å². The van der Waals surface area contributed by atoms with Crippen molar-refractivity contribution in [2.75, 3.05) is 5.32 Å². The Hall–Kier alpha value is -3.69. The molecule has 0 spiro atoms. The molecule has 2 heterocycles. The van der Waals surface area contributed by atoms with E-state index in [4.69, 9.17) is 4.74 Å². The number of rotatable bonds is 6. The number of esters is 1. The summed E-state index contributed by atoms with van der Waals surface area (Å²) in [5.74, 6) is -1.18. The Morgan fingerprint density at radius 3 is 2.43 bits per heavy atom. The fourth-order valence-corrected chi connectivity index (χ4v) is 3.01. The van der Waals surface area contributed by atoms with Crippen molar-refractivity contribution in [1.82, 2.24) is 18.7 Å². The number of hydrogen-bond donors (Lipinski definition) is 1.